The van der Waals surface area contributed by atoms with E-state index in [9.17, 15) is 5.11 Å². The first-order valence-electron chi connectivity index (χ1n) is 4.42. The SMILES string of the molecule is C#Cc1ccc(C[O])cc1.C[SiH2]C. The van der Waals surface area contributed by atoms with E-state index in [1.807, 2.05) is 0 Å². The van der Waals surface area contributed by atoms with E-state index in [0.717, 1.165) is 11.1 Å². The van der Waals surface area contributed by atoms with Crippen LogP contribution in [0.2, 0.25) is 13.1 Å². The Morgan fingerprint density at radius 3 is 2.08 bits per heavy atom. The quantitative estimate of drug-likeness (QED) is 0.477. The number of terminal acetylenes is 1. The first-order chi connectivity index (χ1) is 6.28. The van der Waals surface area contributed by atoms with E-state index >= 15 is 0 Å². The van der Waals surface area contributed by atoms with Gasteiger partial charge in [0.25, 0.3) is 0 Å². The largest absolute Gasteiger partial charge is 0.232 e. The van der Waals surface area contributed by atoms with Gasteiger partial charge in [-0.05, 0) is 17.7 Å². The fraction of sp³-hybridized carbons (Fsp3) is 0.273. The van der Waals surface area contributed by atoms with Crippen molar-refractivity contribution in [1.29, 1.82) is 0 Å². The summed E-state index contributed by atoms with van der Waals surface area (Å²) in [6.45, 7) is 4.35. The van der Waals surface area contributed by atoms with Crippen LogP contribution in [-0.4, -0.2) is 9.52 Å². The maximum Gasteiger partial charge on any atom is 0.107 e. The Labute approximate surface area is 82.6 Å². The predicted molar refractivity (Wildman–Crippen MR) is 59.0 cm³/mol. The van der Waals surface area contributed by atoms with Gasteiger partial charge < -0.3 is 0 Å². The van der Waals surface area contributed by atoms with Crippen molar-refractivity contribution in [3.8, 4) is 12.3 Å². The lowest BCUT2D eigenvalue weighted by molar-refractivity contribution is 0.177. The molecule has 0 spiro atoms. The third-order valence-corrected chi connectivity index (χ3v) is 1.29. The molecule has 0 aliphatic heterocycles. The first-order valence-corrected chi connectivity index (χ1v) is 7.24. The molecule has 0 aromatic heterocycles. The number of benzene rings is 1. The fourth-order valence-electron chi connectivity index (χ4n) is 0.697. The molecule has 0 fully saturated rings. The summed E-state index contributed by atoms with van der Waals surface area (Å²) < 4.78 is 0. The van der Waals surface area contributed by atoms with Crippen molar-refractivity contribution in [1.82, 2.24) is 0 Å². The van der Waals surface area contributed by atoms with E-state index in [1.54, 1.807) is 24.3 Å². The molecule has 13 heavy (non-hydrogen) atoms. The zero-order valence-corrected chi connectivity index (χ0v) is 9.62. The molecule has 2 heteroatoms. The number of rotatable bonds is 1. The highest BCUT2D eigenvalue weighted by atomic mass is 28.2. The minimum absolute atomic E-state index is 0.176. The lowest BCUT2D eigenvalue weighted by Crippen LogP contribution is -1.80. The average molecular weight is 191 g/mol. The summed E-state index contributed by atoms with van der Waals surface area (Å²) in [5, 5.41) is 10.3. The summed E-state index contributed by atoms with van der Waals surface area (Å²) in [5.74, 6) is 2.48. The molecule has 0 unspecified atom stereocenters. The van der Waals surface area contributed by atoms with Crippen LogP contribution in [0, 0.1) is 12.3 Å². The Morgan fingerprint density at radius 1 is 1.31 bits per heavy atom. The minimum Gasteiger partial charge on any atom is -0.232 e. The summed E-state index contributed by atoms with van der Waals surface area (Å²) in [5.41, 5.74) is 1.59. The zero-order chi connectivity index (χ0) is 10.1. The van der Waals surface area contributed by atoms with Gasteiger partial charge in [0.1, 0.15) is 6.61 Å². The zero-order valence-electron chi connectivity index (χ0n) is 8.21. The lowest BCUT2D eigenvalue weighted by atomic mass is 10.1. The van der Waals surface area contributed by atoms with Crippen LogP contribution in [0.3, 0.4) is 0 Å². The lowest BCUT2D eigenvalue weighted by Gasteiger charge is -1.92. The van der Waals surface area contributed by atoms with Crippen molar-refractivity contribution >= 4 is 9.52 Å². The highest BCUT2D eigenvalue weighted by molar-refractivity contribution is 6.31. The summed E-state index contributed by atoms with van der Waals surface area (Å²) in [6.07, 6.45) is 5.11. The van der Waals surface area contributed by atoms with Crippen molar-refractivity contribution in [2.45, 2.75) is 19.7 Å². The molecule has 0 atom stereocenters. The molecule has 1 nitrogen and oxygen atoms in total. The molecule has 0 N–H and O–H groups in total. The van der Waals surface area contributed by atoms with Gasteiger partial charge in [-0.25, -0.2) is 5.11 Å². The van der Waals surface area contributed by atoms with E-state index in [2.05, 4.69) is 19.0 Å². The molecule has 0 aliphatic rings. The van der Waals surface area contributed by atoms with Gasteiger partial charge >= 0.3 is 0 Å². The Hall–Kier alpha value is -1.04. The highest BCUT2D eigenvalue weighted by Gasteiger charge is 1.88. The second-order valence-electron chi connectivity index (χ2n) is 2.69. The number of hydrogen-bond donors (Lipinski definition) is 0. The van der Waals surface area contributed by atoms with Crippen molar-refractivity contribution in [3.05, 3.63) is 35.4 Å². The molecule has 1 aromatic carbocycles. The molecule has 0 saturated heterocycles. The molecule has 0 amide bonds. The topological polar surface area (TPSA) is 19.9 Å². The smallest absolute Gasteiger partial charge is 0.107 e. The molecule has 1 rings (SSSR count). The van der Waals surface area contributed by atoms with Crippen LogP contribution in [0.5, 0.6) is 0 Å². The Morgan fingerprint density at radius 2 is 1.77 bits per heavy atom. The molecule has 1 aromatic rings. The summed E-state index contributed by atoms with van der Waals surface area (Å²) in [4.78, 5) is 0. The fourth-order valence-corrected chi connectivity index (χ4v) is 0.697. The molecule has 0 heterocycles. The summed E-state index contributed by atoms with van der Waals surface area (Å²) >= 11 is 0. The maximum atomic E-state index is 10.3. The minimum atomic E-state index is -0.176. The van der Waals surface area contributed by atoms with Gasteiger partial charge in [-0.3, -0.25) is 0 Å². The van der Waals surface area contributed by atoms with Crippen LogP contribution in [0.25, 0.3) is 0 Å². The Balaban J connectivity index is 0.000000424. The van der Waals surface area contributed by atoms with Crippen molar-refractivity contribution in [3.63, 3.8) is 0 Å². The van der Waals surface area contributed by atoms with Crippen LogP contribution >= 0.6 is 0 Å². The summed E-state index contributed by atoms with van der Waals surface area (Å²) in [6, 6.07) is 7.05. The van der Waals surface area contributed by atoms with E-state index in [0.29, 0.717) is 9.52 Å². The Bertz CT molecular complexity index is 258. The van der Waals surface area contributed by atoms with Crippen LogP contribution in [0.1, 0.15) is 11.1 Å². The monoisotopic (exact) mass is 191 g/mol. The van der Waals surface area contributed by atoms with Gasteiger partial charge in [0.15, 0.2) is 0 Å². The molecule has 0 aliphatic carbocycles. The van der Waals surface area contributed by atoms with E-state index in [-0.39, 0.29) is 6.61 Å². The third-order valence-electron chi connectivity index (χ3n) is 1.29. The van der Waals surface area contributed by atoms with Crippen molar-refractivity contribution < 1.29 is 5.11 Å². The standard InChI is InChI=1S/C9H7O.C2H8Si/c1-2-8-3-5-9(7-10)6-4-8;1-3-2/h1,3-6H,7H2;3H2,1-2H3. The van der Waals surface area contributed by atoms with E-state index < -0.39 is 0 Å². The molecule has 69 valence electrons. The predicted octanol–water partition coefficient (Wildman–Crippen LogP) is 1.85. The van der Waals surface area contributed by atoms with Gasteiger partial charge in [0.05, 0.1) is 0 Å². The van der Waals surface area contributed by atoms with E-state index in [4.69, 9.17) is 6.42 Å². The van der Waals surface area contributed by atoms with Crippen LogP contribution in [0.4, 0.5) is 0 Å². The van der Waals surface area contributed by atoms with Crippen LogP contribution < -0.4 is 0 Å². The first kappa shape index (κ1) is 12.0. The van der Waals surface area contributed by atoms with Gasteiger partial charge in [-0.2, -0.15) is 0 Å². The molecule has 0 bridgehead atoms. The van der Waals surface area contributed by atoms with Crippen molar-refractivity contribution in [2.24, 2.45) is 0 Å². The second-order valence-corrected chi connectivity index (χ2v) is 4.11. The molecular weight excluding hydrogens is 176 g/mol. The van der Waals surface area contributed by atoms with Crippen LogP contribution in [0.15, 0.2) is 24.3 Å². The molecular formula is C11H15OSi. The second kappa shape index (κ2) is 7.60. The van der Waals surface area contributed by atoms with Crippen LogP contribution in [-0.2, 0) is 11.7 Å². The maximum absolute atomic E-state index is 10.3. The Kier molecular flexibility index (Phi) is 6.99. The summed E-state index contributed by atoms with van der Waals surface area (Å²) in [7, 11) is 0.417. The van der Waals surface area contributed by atoms with Gasteiger partial charge in [0.2, 0.25) is 0 Å². The van der Waals surface area contributed by atoms with Gasteiger partial charge in [0, 0.05) is 15.1 Å². The van der Waals surface area contributed by atoms with Crippen molar-refractivity contribution in [2.75, 3.05) is 0 Å². The van der Waals surface area contributed by atoms with E-state index in [1.165, 1.54) is 0 Å². The average Bonchev–Trinajstić information content (AvgIpc) is 2.19. The molecule has 1 radical (unpaired) electrons. The van der Waals surface area contributed by atoms with Gasteiger partial charge in [-0.15, -0.1) is 6.42 Å². The normalized spacial score (nSPS) is 8.15. The molecule has 0 saturated carbocycles. The highest BCUT2D eigenvalue weighted by Crippen LogP contribution is 2.02. The van der Waals surface area contributed by atoms with Gasteiger partial charge in [-0.1, -0.05) is 31.1 Å². The number of hydrogen-bond acceptors (Lipinski definition) is 0. The third kappa shape index (κ3) is 5.24.